The molecule has 0 N–H and O–H groups in total. The lowest BCUT2D eigenvalue weighted by atomic mass is 10.1. The van der Waals surface area contributed by atoms with Crippen molar-refractivity contribution in [3.63, 3.8) is 0 Å². The van der Waals surface area contributed by atoms with Crippen molar-refractivity contribution < 1.29 is 13.6 Å². The second-order valence-electron chi connectivity index (χ2n) is 3.95. The fourth-order valence-electron chi connectivity index (χ4n) is 1.93. The molecular formula is C8H16NO3P. The summed E-state index contributed by atoms with van der Waals surface area (Å²) in [7, 11) is 0.542. The Balaban J connectivity index is 2.08. The first-order valence-corrected chi connectivity index (χ1v) is 6.22. The third kappa shape index (κ3) is 1.68. The van der Waals surface area contributed by atoms with Gasteiger partial charge in [0.2, 0.25) is 0 Å². The van der Waals surface area contributed by atoms with E-state index in [4.69, 9.17) is 9.05 Å². The van der Waals surface area contributed by atoms with Gasteiger partial charge in [-0.2, -0.15) is 0 Å². The molecule has 1 saturated heterocycles. The Morgan fingerprint density at radius 2 is 2.15 bits per heavy atom. The Morgan fingerprint density at radius 1 is 1.38 bits per heavy atom. The van der Waals surface area contributed by atoms with Crippen LogP contribution in [0.4, 0.5) is 0 Å². The molecule has 5 heteroatoms. The highest BCUT2D eigenvalue weighted by Crippen LogP contribution is 2.57. The first-order valence-electron chi connectivity index (χ1n) is 4.72. The Bertz CT molecular complexity index is 244. The predicted octanol–water partition coefficient (Wildman–Crippen LogP) is 1.87. The van der Waals surface area contributed by atoms with Gasteiger partial charge in [-0.15, -0.1) is 0 Å². The molecule has 0 aromatic heterocycles. The molecule has 0 aromatic carbocycles. The number of hydrogen-bond acceptors (Lipinski definition) is 3. The molecule has 4 nitrogen and oxygen atoms in total. The average Bonchev–Trinajstić information content (AvgIpc) is 2.50. The number of fused-ring (bicyclic) bond motifs is 1. The van der Waals surface area contributed by atoms with Crippen molar-refractivity contribution in [2.45, 2.75) is 25.4 Å². The molecule has 13 heavy (non-hydrogen) atoms. The highest BCUT2D eigenvalue weighted by molar-refractivity contribution is 7.51. The zero-order chi connectivity index (χ0) is 9.47. The molecule has 0 bridgehead atoms. The lowest BCUT2D eigenvalue weighted by Crippen LogP contribution is -2.31. The minimum absolute atomic E-state index is 0.169. The van der Waals surface area contributed by atoms with E-state index in [2.05, 4.69) is 0 Å². The molecular weight excluding hydrogens is 189 g/mol. The van der Waals surface area contributed by atoms with Gasteiger partial charge >= 0.3 is 7.75 Å². The molecule has 1 aliphatic heterocycles. The molecule has 2 rings (SSSR count). The number of nitrogens with zero attached hydrogens (tertiary/aromatic N) is 1. The molecule has 1 heterocycles. The van der Waals surface area contributed by atoms with Crippen LogP contribution in [-0.2, 0) is 13.6 Å². The van der Waals surface area contributed by atoms with Gasteiger partial charge in [0.25, 0.3) is 0 Å². The van der Waals surface area contributed by atoms with Crippen LogP contribution in [0.15, 0.2) is 0 Å². The van der Waals surface area contributed by atoms with Crippen molar-refractivity contribution in [1.29, 1.82) is 0 Å². The van der Waals surface area contributed by atoms with Crippen LogP contribution in [0, 0.1) is 5.92 Å². The van der Waals surface area contributed by atoms with E-state index >= 15 is 0 Å². The Kier molecular flexibility index (Phi) is 2.49. The first kappa shape index (κ1) is 9.66. The summed E-state index contributed by atoms with van der Waals surface area (Å²) in [6.45, 7) is 0.597. The van der Waals surface area contributed by atoms with Gasteiger partial charge in [0.05, 0.1) is 12.7 Å². The molecule has 3 atom stereocenters. The van der Waals surface area contributed by atoms with E-state index in [0.29, 0.717) is 12.5 Å². The third-order valence-corrected chi connectivity index (χ3v) is 4.79. The zero-order valence-corrected chi connectivity index (χ0v) is 9.00. The Hall–Kier alpha value is 0.110. The monoisotopic (exact) mass is 205 g/mol. The van der Waals surface area contributed by atoms with Crippen LogP contribution < -0.4 is 0 Å². The molecule has 0 amide bonds. The summed E-state index contributed by atoms with van der Waals surface area (Å²) < 4.78 is 24.3. The summed E-state index contributed by atoms with van der Waals surface area (Å²) in [6.07, 6.45) is 3.53. The van der Waals surface area contributed by atoms with E-state index in [9.17, 15) is 4.57 Å². The maximum atomic E-state index is 12.0. The minimum atomic E-state index is -2.92. The highest BCUT2D eigenvalue weighted by Gasteiger charge is 2.43. The molecule has 0 spiro atoms. The van der Waals surface area contributed by atoms with Crippen molar-refractivity contribution in [2.24, 2.45) is 5.92 Å². The van der Waals surface area contributed by atoms with E-state index in [1.165, 1.54) is 6.42 Å². The van der Waals surface area contributed by atoms with Gasteiger partial charge in [0.15, 0.2) is 0 Å². The minimum Gasteiger partial charge on any atom is -0.296 e. The third-order valence-electron chi connectivity index (χ3n) is 2.80. The molecule has 0 unspecified atom stereocenters. The molecule has 2 fully saturated rings. The lowest BCUT2D eigenvalue weighted by Gasteiger charge is -2.34. The van der Waals surface area contributed by atoms with Crippen molar-refractivity contribution in [1.82, 2.24) is 4.67 Å². The van der Waals surface area contributed by atoms with Crippen LogP contribution in [0.3, 0.4) is 0 Å². The van der Waals surface area contributed by atoms with Crippen molar-refractivity contribution in [2.75, 3.05) is 20.7 Å². The SMILES string of the molecule is CN(C)[P@]1(=O)OC[C@H]2CCC[C@H]2O1. The molecule has 0 radical (unpaired) electrons. The van der Waals surface area contributed by atoms with Gasteiger partial charge in [0.1, 0.15) is 0 Å². The first-order chi connectivity index (χ1) is 6.12. The van der Waals surface area contributed by atoms with Crippen molar-refractivity contribution in [3.05, 3.63) is 0 Å². The highest BCUT2D eigenvalue weighted by atomic mass is 31.2. The van der Waals surface area contributed by atoms with Crippen LogP contribution in [0.5, 0.6) is 0 Å². The second kappa shape index (κ2) is 3.35. The number of rotatable bonds is 1. The molecule has 1 saturated carbocycles. The summed E-state index contributed by atoms with van der Waals surface area (Å²) in [5, 5.41) is 0. The number of hydrogen-bond donors (Lipinski definition) is 0. The van der Waals surface area contributed by atoms with E-state index in [0.717, 1.165) is 12.8 Å². The standard InChI is InChI=1S/C8H16NO3P/c1-9(2)13(10)11-6-7-4-3-5-8(7)12-13/h7-8H,3-6H2,1-2H3/t7-,8-,13+/m1/s1. The lowest BCUT2D eigenvalue weighted by molar-refractivity contribution is 0.0285. The van der Waals surface area contributed by atoms with Crippen LogP contribution >= 0.6 is 7.75 Å². The molecule has 2 aliphatic rings. The molecule has 1 aliphatic carbocycles. The molecule has 76 valence electrons. The maximum absolute atomic E-state index is 12.0. The van der Waals surface area contributed by atoms with Crippen LogP contribution in [-0.4, -0.2) is 31.5 Å². The van der Waals surface area contributed by atoms with Gasteiger partial charge in [-0.25, -0.2) is 9.24 Å². The van der Waals surface area contributed by atoms with Gasteiger partial charge < -0.3 is 0 Å². The van der Waals surface area contributed by atoms with Gasteiger partial charge in [-0.05, 0) is 26.9 Å². The Labute approximate surface area is 78.8 Å². The quantitative estimate of drug-likeness (QED) is 0.612. The summed E-state index contributed by atoms with van der Waals surface area (Å²) in [6, 6.07) is 0. The molecule has 0 aromatic rings. The summed E-state index contributed by atoms with van der Waals surface area (Å²) in [5.41, 5.74) is 0. The van der Waals surface area contributed by atoms with Crippen LogP contribution in [0.25, 0.3) is 0 Å². The van der Waals surface area contributed by atoms with Crippen LogP contribution in [0.2, 0.25) is 0 Å². The van der Waals surface area contributed by atoms with Gasteiger partial charge in [0, 0.05) is 5.92 Å². The van der Waals surface area contributed by atoms with Crippen LogP contribution in [0.1, 0.15) is 19.3 Å². The predicted molar refractivity (Wildman–Crippen MR) is 49.5 cm³/mol. The van der Waals surface area contributed by atoms with E-state index in [1.807, 2.05) is 0 Å². The zero-order valence-electron chi connectivity index (χ0n) is 8.10. The second-order valence-corrected chi connectivity index (χ2v) is 6.15. The van der Waals surface area contributed by atoms with E-state index < -0.39 is 7.75 Å². The van der Waals surface area contributed by atoms with E-state index in [1.54, 1.807) is 18.8 Å². The van der Waals surface area contributed by atoms with Gasteiger partial charge in [-0.1, -0.05) is 6.42 Å². The van der Waals surface area contributed by atoms with Gasteiger partial charge in [-0.3, -0.25) is 9.05 Å². The fourth-order valence-corrected chi connectivity index (χ4v) is 3.41. The summed E-state index contributed by atoms with van der Waals surface area (Å²) >= 11 is 0. The average molecular weight is 205 g/mol. The van der Waals surface area contributed by atoms with Crippen molar-refractivity contribution >= 4 is 7.75 Å². The van der Waals surface area contributed by atoms with Crippen molar-refractivity contribution in [3.8, 4) is 0 Å². The topological polar surface area (TPSA) is 38.8 Å². The Morgan fingerprint density at radius 3 is 2.85 bits per heavy atom. The largest absolute Gasteiger partial charge is 0.407 e. The maximum Gasteiger partial charge on any atom is 0.407 e. The summed E-state index contributed by atoms with van der Waals surface area (Å²) in [4.78, 5) is 0. The fraction of sp³-hybridized carbons (Fsp3) is 1.00. The summed E-state index contributed by atoms with van der Waals surface area (Å²) in [5.74, 6) is 0.474. The smallest absolute Gasteiger partial charge is 0.296 e. The van der Waals surface area contributed by atoms with E-state index in [-0.39, 0.29) is 6.10 Å². The normalized spacial score (nSPS) is 45.2.